The van der Waals surface area contributed by atoms with Gasteiger partial charge >= 0.3 is 0 Å². The molecule has 0 bridgehead atoms. The molecular formula is C15H24BrNS. The summed E-state index contributed by atoms with van der Waals surface area (Å²) in [6.07, 6.45) is 3.93. The lowest BCUT2D eigenvalue weighted by Crippen LogP contribution is -2.27. The molecule has 0 aliphatic carbocycles. The molecule has 1 atom stereocenters. The molecule has 0 aromatic heterocycles. The minimum atomic E-state index is 0.623. The highest BCUT2D eigenvalue weighted by molar-refractivity contribution is 9.10. The Balaban J connectivity index is 2.28. The highest BCUT2D eigenvalue weighted by Crippen LogP contribution is 2.22. The number of hydrogen-bond donors (Lipinski definition) is 1. The van der Waals surface area contributed by atoms with Crippen molar-refractivity contribution in [3.63, 3.8) is 0 Å². The van der Waals surface area contributed by atoms with Crippen LogP contribution >= 0.6 is 27.7 Å². The molecule has 0 radical (unpaired) electrons. The van der Waals surface area contributed by atoms with E-state index in [0.29, 0.717) is 6.04 Å². The van der Waals surface area contributed by atoms with E-state index in [1.807, 2.05) is 11.8 Å². The number of thioether (sulfide) groups is 1. The van der Waals surface area contributed by atoms with E-state index in [2.05, 4.69) is 66.4 Å². The molecule has 0 amide bonds. The topological polar surface area (TPSA) is 12.0 Å². The van der Waals surface area contributed by atoms with Gasteiger partial charge in [-0.05, 0) is 43.7 Å². The van der Waals surface area contributed by atoms with Crippen LogP contribution in [0.5, 0.6) is 0 Å². The molecule has 3 heteroatoms. The second-order valence-corrected chi connectivity index (χ2v) is 7.08. The Kier molecular flexibility index (Phi) is 8.03. The molecule has 0 aliphatic rings. The Bertz CT molecular complexity index is 324. The van der Waals surface area contributed by atoms with E-state index in [4.69, 9.17) is 0 Å². The maximum Gasteiger partial charge on any atom is 0.0176 e. The van der Waals surface area contributed by atoms with Crippen molar-refractivity contribution in [1.82, 2.24) is 5.32 Å². The standard InChI is InChI=1S/C15H24BrNS/c1-12(2)5-4-6-14(17-3)11-18-15-9-7-13(16)8-10-15/h7-10,12,14,17H,4-6,11H2,1-3H3. The van der Waals surface area contributed by atoms with Gasteiger partial charge in [0.05, 0.1) is 0 Å². The molecule has 0 fully saturated rings. The molecule has 1 nitrogen and oxygen atoms in total. The van der Waals surface area contributed by atoms with Crippen molar-refractivity contribution < 1.29 is 0 Å². The van der Waals surface area contributed by atoms with Gasteiger partial charge in [-0.2, -0.15) is 0 Å². The molecule has 0 heterocycles. The fourth-order valence-corrected chi connectivity index (χ4v) is 3.13. The van der Waals surface area contributed by atoms with Crippen molar-refractivity contribution in [2.75, 3.05) is 12.8 Å². The highest BCUT2D eigenvalue weighted by Gasteiger charge is 2.07. The van der Waals surface area contributed by atoms with Crippen LogP contribution in [0, 0.1) is 5.92 Å². The van der Waals surface area contributed by atoms with Crippen LogP contribution < -0.4 is 5.32 Å². The van der Waals surface area contributed by atoms with Gasteiger partial charge in [-0.3, -0.25) is 0 Å². The quantitative estimate of drug-likeness (QED) is 0.677. The summed E-state index contributed by atoms with van der Waals surface area (Å²) in [5.74, 6) is 1.97. The highest BCUT2D eigenvalue weighted by atomic mass is 79.9. The number of hydrogen-bond acceptors (Lipinski definition) is 2. The Morgan fingerprint density at radius 1 is 1.17 bits per heavy atom. The minimum absolute atomic E-state index is 0.623. The number of benzene rings is 1. The van der Waals surface area contributed by atoms with Crippen molar-refractivity contribution in [2.24, 2.45) is 5.92 Å². The van der Waals surface area contributed by atoms with Crippen LogP contribution in [0.4, 0.5) is 0 Å². The smallest absolute Gasteiger partial charge is 0.0176 e. The van der Waals surface area contributed by atoms with Gasteiger partial charge < -0.3 is 5.32 Å². The van der Waals surface area contributed by atoms with Gasteiger partial charge in [0.1, 0.15) is 0 Å². The first-order valence-corrected chi connectivity index (χ1v) is 8.45. The van der Waals surface area contributed by atoms with E-state index in [-0.39, 0.29) is 0 Å². The SMILES string of the molecule is CNC(CCCC(C)C)CSc1ccc(Br)cc1. The van der Waals surface area contributed by atoms with E-state index in [1.54, 1.807) is 0 Å². The van der Waals surface area contributed by atoms with Crippen LogP contribution in [0.25, 0.3) is 0 Å². The summed E-state index contributed by atoms with van der Waals surface area (Å²) in [5.41, 5.74) is 0. The molecule has 0 saturated heterocycles. The third kappa shape index (κ3) is 6.81. The summed E-state index contributed by atoms with van der Waals surface area (Å²) >= 11 is 5.40. The third-order valence-electron chi connectivity index (χ3n) is 3.01. The third-order valence-corrected chi connectivity index (χ3v) is 4.71. The van der Waals surface area contributed by atoms with Crippen molar-refractivity contribution in [3.8, 4) is 0 Å². The molecule has 0 saturated carbocycles. The number of halogens is 1. The van der Waals surface area contributed by atoms with Crippen molar-refractivity contribution >= 4 is 27.7 Å². The lowest BCUT2D eigenvalue weighted by molar-refractivity contribution is 0.483. The van der Waals surface area contributed by atoms with E-state index in [9.17, 15) is 0 Å². The van der Waals surface area contributed by atoms with Crippen LogP contribution in [0.2, 0.25) is 0 Å². The van der Waals surface area contributed by atoms with Crippen LogP contribution in [-0.2, 0) is 0 Å². The van der Waals surface area contributed by atoms with Crippen LogP contribution in [0.3, 0.4) is 0 Å². The number of nitrogens with one attached hydrogen (secondary N) is 1. The van der Waals surface area contributed by atoms with E-state index in [0.717, 1.165) is 16.1 Å². The van der Waals surface area contributed by atoms with E-state index < -0.39 is 0 Å². The van der Waals surface area contributed by atoms with Gasteiger partial charge in [0.2, 0.25) is 0 Å². The first-order chi connectivity index (χ1) is 8.61. The maximum absolute atomic E-state index is 3.47. The normalized spacial score (nSPS) is 12.9. The first kappa shape index (κ1) is 16.1. The van der Waals surface area contributed by atoms with Crippen molar-refractivity contribution in [1.29, 1.82) is 0 Å². The van der Waals surface area contributed by atoms with Crippen molar-refractivity contribution in [2.45, 2.75) is 44.0 Å². The maximum atomic E-state index is 3.47. The van der Waals surface area contributed by atoms with Crippen LogP contribution in [0.15, 0.2) is 33.6 Å². The van der Waals surface area contributed by atoms with Crippen LogP contribution in [0.1, 0.15) is 33.1 Å². The Morgan fingerprint density at radius 3 is 2.39 bits per heavy atom. The Morgan fingerprint density at radius 2 is 1.83 bits per heavy atom. The molecule has 1 unspecified atom stereocenters. The first-order valence-electron chi connectivity index (χ1n) is 6.67. The summed E-state index contributed by atoms with van der Waals surface area (Å²) in [5, 5.41) is 3.43. The largest absolute Gasteiger partial charge is 0.316 e. The fraction of sp³-hybridized carbons (Fsp3) is 0.600. The number of rotatable bonds is 8. The van der Waals surface area contributed by atoms with E-state index >= 15 is 0 Å². The molecule has 0 spiro atoms. The van der Waals surface area contributed by atoms with Gasteiger partial charge in [0.25, 0.3) is 0 Å². The fourth-order valence-electron chi connectivity index (χ4n) is 1.81. The molecule has 1 aromatic rings. The lowest BCUT2D eigenvalue weighted by atomic mass is 10.0. The Hall–Kier alpha value is 0.01000. The summed E-state index contributed by atoms with van der Waals surface area (Å²) in [4.78, 5) is 1.35. The predicted octanol–water partition coefficient (Wildman–Crippen LogP) is 4.96. The zero-order chi connectivity index (χ0) is 13.4. The summed E-state index contributed by atoms with van der Waals surface area (Å²) in [6, 6.07) is 9.19. The Labute approximate surface area is 124 Å². The molecule has 1 rings (SSSR count). The summed E-state index contributed by atoms with van der Waals surface area (Å²) in [7, 11) is 2.07. The monoisotopic (exact) mass is 329 g/mol. The average Bonchev–Trinajstić information content (AvgIpc) is 2.35. The van der Waals surface area contributed by atoms with Gasteiger partial charge in [-0.15, -0.1) is 11.8 Å². The molecule has 102 valence electrons. The van der Waals surface area contributed by atoms with E-state index in [1.165, 1.54) is 24.2 Å². The average molecular weight is 330 g/mol. The van der Waals surface area contributed by atoms with Crippen LogP contribution in [-0.4, -0.2) is 18.8 Å². The predicted molar refractivity (Wildman–Crippen MR) is 86.4 cm³/mol. The lowest BCUT2D eigenvalue weighted by Gasteiger charge is -2.16. The van der Waals surface area contributed by atoms with Crippen molar-refractivity contribution in [3.05, 3.63) is 28.7 Å². The zero-order valence-electron chi connectivity index (χ0n) is 11.6. The summed E-state index contributed by atoms with van der Waals surface area (Å²) < 4.78 is 1.15. The minimum Gasteiger partial charge on any atom is -0.316 e. The second-order valence-electron chi connectivity index (χ2n) is 5.08. The summed E-state index contributed by atoms with van der Waals surface area (Å²) in [6.45, 7) is 4.59. The van der Waals surface area contributed by atoms with Gasteiger partial charge in [0.15, 0.2) is 0 Å². The molecule has 1 N–H and O–H groups in total. The molecule has 18 heavy (non-hydrogen) atoms. The molecule has 1 aromatic carbocycles. The van der Waals surface area contributed by atoms with Gasteiger partial charge in [-0.1, -0.05) is 42.6 Å². The molecular weight excluding hydrogens is 306 g/mol. The van der Waals surface area contributed by atoms with Gasteiger partial charge in [-0.25, -0.2) is 0 Å². The zero-order valence-corrected chi connectivity index (χ0v) is 14.0. The van der Waals surface area contributed by atoms with Gasteiger partial charge in [0, 0.05) is 21.2 Å². The molecule has 0 aliphatic heterocycles. The second kappa shape index (κ2) is 9.00.